The quantitative estimate of drug-likeness (QED) is 0.0149. The normalized spacial score (nSPS) is 12.9. The van der Waals surface area contributed by atoms with Crippen LogP contribution in [0, 0.1) is 20.8 Å². The van der Waals surface area contributed by atoms with E-state index in [1.807, 2.05) is 99.9 Å². The van der Waals surface area contributed by atoms with Crippen LogP contribution in [0.2, 0.25) is 0 Å². The van der Waals surface area contributed by atoms with E-state index in [0.717, 1.165) is 69.8 Å². The van der Waals surface area contributed by atoms with Crippen molar-refractivity contribution in [1.29, 1.82) is 0 Å². The molecule has 0 heterocycles. The second-order valence-electron chi connectivity index (χ2n) is 23.5. The zero-order valence-electron chi connectivity index (χ0n) is 55.5. The molecule has 3 rings (SSSR count). The van der Waals surface area contributed by atoms with Crippen molar-refractivity contribution in [2.45, 2.75) is 111 Å². The third-order valence-corrected chi connectivity index (χ3v) is 15.7. The Morgan fingerprint density at radius 3 is 1.03 bits per heavy atom. The number of aliphatic carboxylic acids is 1. The predicted molar refractivity (Wildman–Crippen MR) is 366 cm³/mol. The first-order valence-corrected chi connectivity index (χ1v) is 37.8. The summed E-state index contributed by atoms with van der Waals surface area (Å²) in [5, 5.41) is 14.9. The highest BCUT2D eigenvalue weighted by Crippen LogP contribution is 2.32. The lowest BCUT2D eigenvalue weighted by Crippen LogP contribution is -2.33. The molecule has 0 amide bonds. The Kier molecular flexibility index (Phi) is 38.7. The summed E-state index contributed by atoms with van der Waals surface area (Å²) in [6, 6.07) is 17.0. The van der Waals surface area contributed by atoms with Crippen LogP contribution in [-0.4, -0.2) is 217 Å². The number of carbonyl (C=O) groups is 5. The monoisotopic (exact) mass is 1430 g/mol. The molecule has 3 atom stereocenters. The molecule has 0 aliphatic carbocycles. The van der Waals surface area contributed by atoms with Crippen LogP contribution in [0.1, 0.15) is 112 Å². The number of nitrogens with zero attached hydrogens (tertiary/aromatic N) is 3. The van der Waals surface area contributed by atoms with Gasteiger partial charge in [0, 0.05) is 85.8 Å². The molecule has 0 bridgehead atoms. The number of aryl methyl sites for hydroxylation is 3. The average molecular weight is 1430 g/mol. The van der Waals surface area contributed by atoms with Gasteiger partial charge in [0.1, 0.15) is 11.2 Å². The fourth-order valence-corrected chi connectivity index (χ4v) is 11.0. The van der Waals surface area contributed by atoms with Crippen LogP contribution in [0.15, 0.2) is 54.6 Å². The van der Waals surface area contributed by atoms with E-state index in [1.54, 1.807) is 31.7 Å². The summed E-state index contributed by atoms with van der Waals surface area (Å²) >= 11 is 11.8. The SMILES string of the molecule is Cc1ccc(N(CCCl)CCOS(C)(=O)=O)cc1C(CN)CC(=O)O.Cc1ccc(N(CCCl)CCOS(C)(=O)=O)cc1C(CN[B]C=O)CC(=O)OC(C)(C)C.Cc1ccc(N(CCOS(C)(=O)=O)CCOS(C)(=O)=O)cc1C(CN[B]C=O)CC(=O)OC(C)(C)C. The van der Waals surface area contributed by atoms with E-state index in [1.165, 1.54) is 14.8 Å². The minimum Gasteiger partial charge on any atom is -0.481 e. The van der Waals surface area contributed by atoms with Crippen LogP contribution >= 0.6 is 23.2 Å². The number of rotatable bonds is 41. The number of carbonyl (C=O) groups excluding carboxylic acids is 4. The van der Waals surface area contributed by atoms with Crippen molar-refractivity contribution in [3.05, 3.63) is 88.0 Å². The number of nitrogens with two attached hydrogens (primary N) is 1. The smallest absolute Gasteiger partial charge is 0.306 e. The Morgan fingerprint density at radius 2 is 0.796 bits per heavy atom. The van der Waals surface area contributed by atoms with Crippen molar-refractivity contribution in [3.8, 4) is 0 Å². The van der Waals surface area contributed by atoms with Gasteiger partial charge in [0.15, 0.2) is 0 Å². The van der Waals surface area contributed by atoms with E-state index in [-0.39, 0.29) is 95.6 Å². The number of carboxylic acids is 1. The topological polar surface area (TPSA) is 357 Å². The Hall–Kier alpha value is -4.96. The maximum atomic E-state index is 12.6. The third kappa shape index (κ3) is 39.6. The number of esters is 2. The summed E-state index contributed by atoms with van der Waals surface area (Å²) in [6.45, 7) is 19.0. The first-order chi connectivity index (χ1) is 43.0. The van der Waals surface area contributed by atoms with E-state index in [0.29, 0.717) is 62.5 Å². The summed E-state index contributed by atoms with van der Waals surface area (Å²) in [6.07, 6.45) is 5.29. The molecular formula is C59H94B2Cl2N6O20S4. The van der Waals surface area contributed by atoms with Gasteiger partial charge in [-0.1, -0.05) is 18.2 Å². The van der Waals surface area contributed by atoms with Gasteiger partial charge < -0.3 is 55.1 Å². The number of nitrogens with one attached hydrogen (secondary N) is 2. The molecule has 0 aliphatic heterocycles. The van der Waals surface area contributed by atoms with E-state index in [2.05, 4.69) is 10.5 Å². The second kappa shape index (κ2) is 41.9. The van der Waals surface area contributed by atoms with Gasteiger partial charge in [-0.2, -0.15) is 33.7 Å². The molecule has 0 saturated carbocycles. The van der Waals surface area contributed by atoms with E-state index in [9.17, 15) is 57.6 Å². The van der Waals surface area contributed by atoms with Gasteiger partial charge in [-0.15, -0.1) is 23.2 Å². The molecule has 0 spiro atoms. The second-order valence-corrected chi connectivity index (χ2v) is 30.8. The number of benzene rings is 3. The number of hydrogen-bond acceptors (Lipinski definition) is 25. The zero-order chi connectivity index (χ0) is 71.0. The van der Waals surface area contributed by atoms with Gasteiger partial charge in [-0.25, -0.2) is 0 Å². The molecule has 34 heteroatoms. The highest BCUT2D eigenvalue weighted by Gasteiger charge is 2.27. The Bertz CT molecular complexity index is 3270. The van der Waals surface area contributed by atoms with Crippen LogP contribution in [0.3, 0.4) is 0 Å². The number of halogens is 2. The van der Waals surface area contributed by atoms with Crippen molar-refractivity contribution in [1.82, 2.24) is 10.5 Å². The van der Waals surface area contributed by atoms with E-state index >= 15 is 0 Å². The van der Waals surface area contributed by atoms with Crippen molar-refractivity contribution < 1.29 is 89.0 Å². The highest BCUT2D eigenvalue weighted by atomic mass is 35.5. The van der Waals surface area contributed by atoms with Crippen LogP contribution in [0.4, 0.5) is 17.1 Å². The molecule has 3 aromatic carbocycles. The standard InChI is InChI=1S/C22H36BN2O9S2.C21H33BClN2O6S.C16H25ClN2O5S/c1-17-7-8-19(25(9-11-32-35(5,28)29)10-12-33-36(6,30)31)14-20(17)18(15-24-23-16-26)13-21(27)34-22(2,3)4;1-16-6-7-18(25(9-8-23)10-11-30-32(5,28)29)13-19(16)17(14-24-22-15-26)12-20(27)31-21(2,3)4;1-12-3-4-14(10-15(12)13(11-18)9-16(20)21)19(6-5-17)7-8-24-25(2,22)23/h7-8,14,16,18,24H,9-13,15H2,1-6H3;6-7,13,15,17,24H,8-12,14H2,1-5H3;3-4,10,13H,5-9,11,18H2,1-2H3,(H,20,21). The number of carboxylic acid groups (broad SMARTS) is 1. The first-order valence-electron chi connectivity index (χ1n) is 29.5. The number of alkyl halides is 2. The lowest BCUT2D eigenvalue weighted by Gasteiger charge is -2.27. The van der Waals surface area contributed by atoms with Gasteiger partial charge in [0.05, 0.1) is 83.1 Å². The van der Waals surface area contributed by atoms with Gasteiger partial charge in [-0.05, 0) is 152 Å². The minimum absolute atomic E-state index is 0.00385. The fraction of sp³-hybridized carbons (Fsp3) is 0.610. The summed E-state index contributed by atoms with van der Waals surface area (Å²) in [4.78, 5) is 63.2. The number of anilines is 3. The Morgan fingerprint density at radius 1 is 0.516 bits per heavy atom. The van der Waals surface area contributed by atoms with Crippen LogP contribution in [0.25, 0.3) is 0 Å². The van der Waals surface area contributed by atoms with Crippen molar-refractivity contribution in [2.75, 3.05) is 137 Å². The van der Waals surface area contributed by atoms with E-state index in [4.69, 9.17) is 60.2 Å². The third-order valence-electron chi connectivity index (χ3n) is 13.0. The zero-order valence-corrected chi connectivity index (χ0v) is 60.3. The summed E-state index contributed by atoms with van der Waals surface area (Å²) in [5.41, 5.74) is 12.2. The van der Waals surface area contributed by atoms with Crippen molar-refractivity contribution in [2.24, 2.45) is 5.73 Å². The van der Waals surface area contributed by atoms with Crippen molar-refractivity contribution in [3.63, 3.8) is 0 Å². The number of hydrogen-bond donors (Lipinski definition) is 4. The molecule has 3 unspecified atom stereocenters. The van der Waals surface area contributed by atoms with Crippen LogP contribution in [0.5, 0.6) is 0 Å². The van der Waals surface area contributed by atoms with E-state index < -0.39 is 63.6 Å². The maximum absolute atomic E-state index is 12.6. The molecule has 3 aromatic rings. The molecule has 93 heavy (non-hydrogen) atoms. The molecule has 0 saturated heterocycles. The Balaban J connectivity index is 0.000000709. The molecule has 5 N–H and O–H groups in total. The van der Waals surface area contributed by atoms with Gasteiger partial charge in [0.25, 0.3) is 55.3 Å². The van der Waals surface area contributed by atoms with Crippen LogP contribution < -0.4 is 30.9 Å². The molecule has 26 nitrogen and oxygen atoms in total. The number of ether oxygens (including phenoxy) is 2. The van der Waals surface area contributed by atoms with Gasteiger partial charge in [0.2, 0.25) is 0 Å². The molecule has 0 aliphatic rings. The highest BCUT2D eigenvalue weighted by molar-refractivity contribution is 7.86. The molecule has 0 fully saturated rings. The Labute approximate surface area is 562 Å². The van der Waals surface area contributed by atoms with Crippen molar-refractivity contribution >= 4 is 126 Å². The largest absolute Gasteiger partial charge is 0.481 e. The predicted octanol–water partition coefficient (Wildman–Crippen LogP) is 4.73. The average Bonchev–Trinajstić information content (AvgIpc) is 2.30. The lowest BCUT2D eigenvalue weighted by molar-refractivity contribution is -0.156. The lowest BCUT2D eigenvalue weighted by atomic mass is 9.88. The first kappa shape index (κ1) is 86.1. The summed E-state index contributed by atoms with van der Waals surface area (Å²) < 4.78 is 121. The minimum atomic E-state index is -3.66. The molecule has 524 valence electrons. The fourth-order valence-electron chi connectivity index (χ4n) is 9.10. The maximum Gasteiger partial charge on any atom is 0.306 e. The van der Waals surface area contributed by atoms with Gasteiger partial charge in [-0.3, -0.25) is 31.1 Å². The molecule has 2 radical (unpaired) electrons. The van der Waals surface area contributed by atoms with Crippen LogP contribution in [-0.2, 0) is 90.7 Å². The molecular weight excluding hydrogens is 1330 g/mol. The summed E-state index contributed by atoms with van der Waals surface area (Å²) in [5.74, 6) is -1.81. The van der Waals surface area contributed by atoms with Gasteiger partial charge >= 0.3 is 17.9 Å². The summed E-state index contributed by atoms with van der Waals surface area (Å²) in [7, 11) is -11.8. The molecule has 0 aromatic heterocycles.